The summed E-state index contributed by atoms with van der Waals surface area (Å²) in [7, 11) is 0. The van der Waals surface area contributed by atoms with Gasteiger partial charge in [0.05, 0.1) is 0 Å². The summed E-state index contributed by atoms with van der Waals surface area (Å²) in [4.78, 5) is 0. The molecule has 3 rings (SSSR count). The molecular formula is C18H18. The van der Waals surface area contributed by atoms with Crippen molar-refractivity contribution < 1.29 is 0 Å². The lowest BCUT2D eigenvalue weighted by atomic mass is 9.96. The summed E-state index contributed by atoms with van der Waals surface area (Å²) in [6.45, 7) is 6.49. The van der Waals surface area contributed by atoms with Crippen molar-refractivity contribution in [1.29, 1.82) is 0 Å². The van der Waals surface area contributed by atoms with Crippen LogP contribution in [0.4, 0.5) is 0 Å². The van der Waals surface area contributed by atoms with Crippen molar-refractivity contribution in [1.82, 2.24) is 0 Å². The van der Waals surface area contributed by atoms with Crippen LogP contribution >= 0.6 is 0 Å². The first kappa shape index (κ1) is 11.3. The van der Waals surface area contributed by atoms with Crippen LogP contribution in [-0.4, -0.2) is 0 Å². The Hall–Kier alpha value is -1.82. The van der Waals surface area contributed by atoms with E-state index in [0.717, 1.165) is 0 Å². The summed E-state index contributed by atoms with van der Waals surface area (Å²) in [5, 5.41) is 0. The smallest absolute Gasteiger partial charge is 0.00867 e. The van der Waals surface area contributed by atoms with Gasteiger partial charge in [-0.15, -0.1) is 0 Å². The molecule has 2 atom stereocenters. The molecule has 0 aromatic heterocycles. The Morgan fingerprint density at radius 1 is 1.00 bits per heavy atom. The molecule has 0 radical (unpaired) electrons. The van der Waals surface area contributed by atoms with Crippen LogP contribution in [0, 0.1) is 12.8 Å². The zero-order chi connectivity index (χ0) is 12.5. The molecule has 0 spiro atoms. The van der Waals surface area contributed by atoms with Crippen molar-refractivity contribution in [2.75, 3.05) is 0 Å². The highest BCUT2D eigenvalue weighted by molar-refractivity contribution is 5.71. The second-order valence-electron chi connectivity index (χ2n) is 5.20. The van der Waals surface area contributed by atoms with Crippen LogP contribution in [-0.2, 0) is 0 Å². The minimum absolute atomic E-state index is 0.633. The summed E-state index contributed by atoms with van der Waals surface area (Å²) < 4.78 is 0. The van der Waals surface area contributed by atoms with Gasteiger partial charge in [-0.05, 0) is 47.4 Å². The maximum absolute atomic E-state index is 4.32. The maximum Gasteiger partial charge on any atom is -0.00867 e. The molecule has 0 saturated heterocycles. The van der Waals surface area contributed by atoms with Gasteiger partial charge in [0, 0.05) is 0 Å². The Bertz CT molecular complexity index is 566. The van der Waals surface area contributed by atoms with Gasteiger partial charge in [0.15, 0.2) is 0 Å². The SMILES string of the molecule is C=C(c1ccccc1C)[C@H]1C[C@@H]1c1ccccc1. The Morgan fingerprint density at radius 3 is 2.39 bits per heavy atom. The molecule has 0 heterocycles. The Kier molecular flexibility index (Phi) is 2.79. The third kappa shape index (κ3) is 1.99. The first-order valence-electron chi connectivity index (χ1n) is 6.57. The molecule has 2 aromatic carbocycles. The zero-order valence-electron chi connectivity index (χ0n) is 10.8. The van der Waals surface area contributed by atoms with Crippen molar-refractivity contribution in [2.45, 2.75) is 19.3 Å². The normalized spacial score (nSPS) is 21.6. The molecule has 0 nitrogen and oxygen atoms in total. The third-order valence-corrected chi connectivity index (χ3v) is 3.96. The standard InChI is InChI=1S/C18H18/c1-13-8-6-7-11-16(13)14(2)17-12-18(17)15-9-4-3-5-10-15/h3-11,17-18H,2,12H2,1H3/t17-,18-/m1/s1. The largest absolute Gasteiger partial charge is 0.0949 e. The molecule has 90 valence electrons. The molecule has 0 aliphatic heterocycles. The van der Waals surface area contributed by atoms with E-state index in [1.165, 1.54) is 28.7 Å². The van der Waals surface area contributed by atoms with E-state index < -0.39 is 0 Å². The number of hydrogen-bond acceptors (Lipinski definition) is 0. The summed E-state index contributed by atoms with van der Waals surface area (Å²) in [6, 6.07) is 19.4. The summed E-state index contributed by atoms with van der Waals surface area (Å²) in [5.74, 6) is 1.31. The van der Waals surface area contributed by atoms with E-state index in [-0.39, 0.29) is 0 Å². The Labute approximate surface area is 109 Å². The highest BCUT2D eigenvalue weighted by Gasteiger charge is 2.40. The topological polar surface area (TPSA) is 0 Å². The molecule has 1 fully saturated rings. The number of allylic oxidation sites excluding steroid dienone is 1. The van der Waals surface area contributed by atoms with E-state index in [1.54, 1.807) is 0 Å². The molecule has 2 aromatic rings. The van der Waals surface area contributed by atoms with Crippen LogP contribution in [0.15, 0.2) is 61.2 Å². The average molecular weight is 234 g/mol. The molecule has 1 aliphatic carbocycles. The van der Waals surface area contributed by atoms with E-state index in [0.29, 0.717) is 11.8 Å². The fraction of sp³-hybridized carbons (Fsp3) is 0.222. The monoisotopic (exact) mass is 234 g/mol. The van der Waals surface area contributed by atoms with Crippen LogP contribution in [0.3, 0.4) is 0 Å². The van der Waals surface area contributed by atoms with Gasteiger partial charge in [0.25, 0.3) is 0 Å². The zero-order valence-corrected chi connectivity index (χ0v) is 10.8. The summed E-state index contributed by atoms with van der Waals surface area (Å²) in [6.07, 6.45) is 1.25. The van der Waals surface area contributed by atoms with Crippen molar-refractivity contribution in [3.63, 3.8) is 0 Å². The van der Waals surface area contributed by atoms with Gasteiger partial charge in [-0.1, -0.05) is 61.2 Å². The predicted octanol–water partition coefficient (Wildman–Crippen LogP) is 4.81. The number of benzene rings is 2. The van der Waals surface area contributed by atoms with Crippen molar-refractivity contribution in [3.05, 3.63) is 77.9 Å². The molecule has 0 bridgehead atoms. The average Bonchev–Trinajstić information content (AvgIpc) is 3.20. The third-order valence-electron chi connectivity index (χ3n) is 3.96. The van der Waals surface area contributed by atoms with Crippen molar-refractivity contribution in [3.8, 4) is 0 Å². The summed E-state index contributed by atoms with van der Waals surface area (Å²) >= 11 is 0. The molecule has 0 unspecified atom stereocenters. The van der Waals surface area contributed by atoms with Gasteiger partial charge in [-0.2, -0.15) is 0 Å². The Balaban J connectivity index is 1.80. The minimum atomic E-state index is 0.633. The number of rotatable bonds is 3. The van der Waals surface area contributed by atoms with Crippen molar-refractivity contribution in [2.24, 2.45) is 5.92 Å². The van der Waals surface area contributed by atoms with Crippen LogP contribution < -0.4 is 0 Å². The van der Waals surface area contributed by atoms with Gasteiger partial charge < -0.3 is 0 Å². The van der Waals surface area contributed by atoms with Crippen LogP contribution in [0.1, 0.15) is 29.0 Å². The molecule has 0 amide bonds. The lowest BCUT2D eigenvalue weighted by molar-refractivity contribution is 1.03. The van der Waals surface area contributed by atoms with Crippen molar-refractivity contribution >= 4 is 5.57 Å². The quantitative estimate of drug-likeness (QED) is 0.714. The summed E-state index contributed by atoms with van der Waals surface area (Å²) in [5.41, 5.74) is 5.43. The van der Waals surface area contributed by atoms with Crippen LogP contribution in [0.2, 0.25) is 0 Å². The van der Waals surface area contributed by atoms with E-state index in [2.05, 4.69) is 68.1 Å². The van der Waals surface area contributed by atoms with Gasteiger partial charge in [0.2, 0.25) is 0 Å². The van der Waals surface area contributed by atoms with E-state index in [4.69, 9.17) is 0 Å². The predicted molar refractivity (Wildman–Crippen MR) is 77.5 cm³/mol. The first-order chi connectivity index (χ1) is 8.77. The molecule has 1 aliphatic rings. The number of aryl methyl sites for hydroxylation is 1. The fourth-order valence-electron chi connectivity index (χ4n) is 2.78. The van der Waals surface area contributed by atoms with Gasteiger partial charge in [0.1, 0.15) is 0 Å². The highest BCUT2D eigenvalue weighted by Crippen LogP contribution is 2.54. The number of hydrogen-bond donors (Lipinski definition) is 0. The van der Waals surface area contributed by atoms with Gasteiger partial charge >= 0.3 is 0 Å². The lowest BCUT2D eigenvalue weighted by Crippen LogP contribution is -1.91. The molecule has 1 saturated carbocycles. The molecule has 18 heavy (non-hydrogen) atoms. The van der Waals surface area contributed by atoms with E-state index in [1.807, 2.05) is 0 Å². The second kappa shape index (κ2) is 4.45. The maximum atomic E-state index is 4.32. The molecule has 0 N–H and O–H groups in total. The first-order valence-corrected chi connectivity index (χ1v) is 6.57. The molecular weight excluding hydrogens is 216 g/mol. The molecule has 0 heteroatoms. The van der Waals surface area contributed by atoms with Gasteiger partial charge in [-0.25, -0.2) is 0 Å². The second-order valence-corrected chi connectivity index (χ2v) is 5.20. The van der Waals surface area contributed by atoms with Crippen LogP contribution in [0.25, 0.3) is 5.57 Å². The fourth-order valence-corrected chi connectivity index (χ4v) is 2.78. The van der Waals surface area contributed by atoms with Crippen LogP contribution in [0.5, 0.6) is 0 Å². The minimum Gasteiger partial charge on any atom is -0.0949 e. The van der Waals surface area contributed by atoms with E-state index >= 15 is 0 Å². The Morgan fingerprint density at radius 2 is 1.67 bits per heavy atom. The van der Waals surface area contributed by atoms with E-state index in [9.17, 15) is 0 Å². The lowest BCUT2D eigenvalue weighted by Gasteiger charge is -2.09. The highest BCUT2D eigenvalue weighted by atomic mass is 14.4. The van der Waals surface area contributed by atoms with Gasteiger partial charge in [-0.3, -0.25) is 0 Å².